The van der Waals surface area contributed by atoms with Crippen LogP contribution >= 0.6 is 22.9 Å². The number of nitrogens with zero attached hydrogens (tertiary/aromatic N) is 3. The molecule has 1 aromatic heterocycles. The first-order valence-corrected chi connectivity index (χ1v) is 11.3. The van der Waals surface area contributed by atoms with Gasteiger partial charge >= 0.3 is 5.91 Å². The fraction of sp³-hybridized carbons (Fsp3) is 0.0417. The number of amides is 1. The van der Waals surface area contributed by atoms with Gasteiger partial charge in [0, 0.05) is 22.7 Å². The van der Waals surface area contributed by atoms with Crippen LogP contribution in [0.2, 0.25) is 5.02 Å². The standard InChI is InChI=1S/C24H13ClFN3O5S/c25-14-6-9-17-18(11-14)35-24(27-17)28-20(13-2-1-3-16(10-13)29(33)34)19(22(31)23(28)32)21(30)12-4-7-15(26)8-5-12/h1-11,20,30H/b21-19+. The van der Waals surface area contributed by atoms with Crippen molar-refractivity contribution in [2.45, 2.75) is 6.04 Å². The number of hydrogen-bond donors (Lipinski definition) is 1. The zero-order valence-corrected chi connectivity index (χ0v) is 19.1. The third-order valence-corrected chi connectivity index (χ3v) is 6.76. The van der Waals surface area contributed by atoms with E-state index in [-0.39, 0.29) is 27.5 Å². The van der Waals surface area contributed by atoms with E-state index in [0.717, 1.165) is 28.4 Å². The Labute approximate surface area is 205 Å². The number of nitro benzene ring substituents is 1. The SMILES string of the molecule is O=C1C(=O)N(c2nc3ccc(Cl)cc3s2)C(c2cccc([N+](=O)[O-])c2)/C1=C(\O)c1ccc(F)cc1. The second-order valence-corrected chi connectivity index (χ2v) is 9.08. The maximum atomic E-state index is 13.4. The number of benzene rings is 3. The third-order valence-electron chi connectivity index (χ3n) is 5.50. The molecular formula is C24H13ClFN3O5S. The van der Waals surface area contributed by atoms with Crippen molar-refractivity contribution in [3.05, 3.63) is 104 Å². The lowest BCUT2D eigenvalue weighted by Gasteiger charge is -2.22. The summed E-state index contributed by atoms with van der Waals surface area (Å²) in [7, 11) is 0. The van der Waals surface area contributed by atoms with Gasteiger partial charge in [0.15, 0.2) is 5.13 Å². The van der Waals surface area contributed by atoms with E-state index in [9.17, 15) is 29.2 Å². The van der Waals surface area contributed by atoms with Gasteiger partial charge in [0.25, 0.3) is 11.5 Å². The highest BCUT2D eigenvalue weighted by molar-refractivity contribution is 7.22. The molecule has 1 aliphatic heterocycles. The molecule has 1 N–H and O–H groups in total. The van der Waals surface area contributed by atoms with Crippen molar-refractivity contribution in [2.24, 2.45) is 0 Å². The van der Waals surface area contributed by atoms with E-state index in [1.165, 1.54) is 36.4 Å². The van der Waals surface area contributed by atoms with Crippen LogP contribution in [-0.4, -0.2) is 26.7 Å². The first-order chi connectivity index (χ1) is 16.7. The normalized spacial score (nSPS) is 17.3. The number of nitro groups is 1. The van der Waals surface area contributed by atoms with Crippen LogP contribution in [0.25, 0.3) is 16.0 Å². The van der Waals surface area contributed by atoms with Crippen LogP contribution in [0.3, 0.4) is 0 Å². The number of hydrogen-bond acceptors (Lipinski definition) is 7. The maximum Gasteiger partial charge on any atom is 0.301 e. The van der Waals surface area contributed by atoms with E-state index in [1.54, 1.807) is 18.2 Å². The summed E-state index contributed by atoms with van der Waals surface area (Å²) in [6.45, 7) is 0. The number of aromatic nitrogens is 1. The van der Waals surface area contributed by atoms with Crippen molar-refractivity contribution in [3.63, 3.8) is 0 Å². The molecule has 1 unspecified atom stereocenters. The predicted molar refractivity (Wildman–Crippen MR) is 129 cm³/mol. The van der Waals surface area contributed by atoms with Crippen LogP contribution in [0.4, 0.5) is 15.2 Å². The Balaban J connectivity index is 1.75. The van der Waals surface area contributed by atoms with Gasteiger partial charge in [0.05, 0.1) is 26.8 Å². The summed E-state index contributed by atoms with van der Waals surface area (Å²) in [6, 6.07) is 13.9. The molecule has 0 saturated carbocycles. The quantitative estimate of drug-likeness (QED) is 0.125. The molecule has 1 atom stereocenters. The first kappa shape index (κ1) is 22.6. The Bertz CT molecular complexity index is 1570. The molecule has 8 nitrogen and oxygen atoms in total. The lowest BCUT2D eigenvalue weighted by atomic mass is 9.95. The second-order valence-electron chi connectivity index (χ2n) is 7.64. The fourth-order valence-corrected chi connectivity index (χ4v) is 5.17. The Morgan fingerprint density at radius 1 is 1.11 bits per heavy atom. The number of aliphatic hydroxyl groups is 1. The fourth-order valence-electron chi connectivity index (χ4n) is 3.91. The van der Waals surface area contributed by atoms with Gasteiger partial charge in [-0.15, -0.1) is 0 Å². The van der Waals surface area contributed by atoms with Crippen molar-refractivity contribution in [1.29, 1.82) is 0 Å². The summed E-state index contributed by atoms with van der Waals surface area (Å²) in [6.07, 6.45) is 0. The number of rotatable bonds is 4. The van der Waals surface area contributed by atoms with Crippen LogP contribution in [0.1, 0.15) is 17.2 Å². The number of carbonyl (C=O) groups excluding carboxylic acids is 2. The van der Waals surface area contributed by atoms with Gasteiger partial charge in [0.1, 0.15) is 11.6 Å². The highest BCUT2D eigenvalue weighted by Crippen LogP contribution is 2.45. The van der Waals surface area contributed by atoms with Gasteiger partial charge in [-0.1, -0.05) is 35.1 Å². The van der Waals surface area contributed by atoms with Gasteiger partial charge in [-0.25, -0.2) is 9.37 Å². The van der Waals surface area contributed by atoms with Gasteiger partial charge in [-0.2, -0.15) is 0 Å². The molecule has 0 bridgehead atoms. The van der Waals surface area contributed by atoms with Crippen LogP contribution in [0, 0.1) is 15.9 Å². The van der Waals surface area contributed by atoms with Gasteiger partial charge in [-0.05, 0) is 48.0 Å². The topological polar surface area (TPSA) is 114 Å². The molecule has 5 rings (SSSR count). The Morgan fingerprint density at radius 3 is 2.57 bits per heavy atom. The minimum Gasteiger partial charge on any atom is -0.507 e. The smallest absolute Gasteiger partial charge is 0.301 e. The van der Waals surface area contributed by atoms with Crippen molar-refractivity contribution >= 4 is 61.4 Å². The van der Waals surface area contributed by atoms with E-state index in [0.29, 0.717) is 15.2 Å². The minimum absolute atomic E-state index is 0.107. The van der Waals surface area contributed by atoms with Crippen molar-refractivity contribution in [1.82, 2.24) is 4.98 Å². The largest absolute Gasteiger partial charge is 0.507 e. The third kappa shape index (κ3) is 3.92. The van der Waals surface area contributed by atoms with Gasteiger partial charge in [0.2, 0.25) is 0 Å². The molecule has 0 aliphatic carbocycles. The Morgan fingerprint density at radius 2 is 1.86 bits per heavy atom. The maximum absolute atomic E-state index is 13.4. The molecule has 2 heterocycles. The van der Waals surface area contributed by atoms with Crippen LogP contribution in [0.5, 0.6) is 0 Å². The lowest BCUT2D eigenvalue weighted by Crippen LogP contribution is -2.29. The van der Waals surface area contributed by atoms with E-state index in [1.807, 2.05) is 0 Å². The number of anilines is 1. The predicted octanol–water partition coefficient (Wildman–Crippen LogP) is 5.62. The molecule has 3 aromatic carbocycles. The molecule has 1 aliphatic rings. The monoisotopic (exact) mass is 509 g/mol. The number of Topliss-reactive ketones (excluding diaryl/α,β-unsaturated/α-hetero) is 1. The first-order valence-electron chi connectivity index (χ1n) is 10.1. The average Bonchev–Trinajstić information content (AvgIpc) is 3.37. The van der Waals surface area contributed by atoms with Crippen LogP contribution in [-0.2, 0) is 9.59 Å². The number of aliphatic hydroxyl groups excluding tert-OH is 1. The van der Waals surface area contributed by atoms with E-state index in [2.05, 4.69) is 4.98 Å². The highest BCUT2D eigenvalue weighted by Gasteiger charge is 2.48. The van der Waals surface area contributed by atoms with Crippen LogP contribution in [0.15, 0.2) is 72.3 Å². The van der Waals surface area contributed by atoms with Crippen molar-refractivity contribution in [3.8, 4) is 0 Å². The number of thiazole rings is 1. The van der Waals surface area contributed by atoms with Crippen molar-refractivity contribution in [2.75, 3.05) is 4.90 Å². The zero-order chi connectivity index (χ0) is 24.9. The molecule has 0 spiro atoms. The molecule has 1 amide bonds. The lowest BCUT2D eigenvalue weighted by molar-refractivity contribution is -0.384. The van der Waals surface area contributed by atoms with Gasteiger partial charge < -0.3 is 5.11 Å². The van der Waals surface area contributed by atoms with Gasteiger partial charge in [-0.3, -0.25) is 24.6 Å². The average molecular weight is 510 g/mol. The molecule has 11 heteroatoms. The highest BCUT2D eigenvalue weighted by atomic mass is 35.5. The van der Waals surface area contributed by atoms with E-state index < -0.39 is 34.2 Å². The molecule has 1 saturated heterocycles. The minimum atomic E-state index is -1.21. The molecular weight excluding hydrogens is 497 g/mol. The number of non-ortho nitro benzene ring substituents is 1. The van der Waals surface area contributed by atoms with Crippen LogP contribution < -0.4 is 4.90 Å². The summed E-state index contributed by atoms with van der Waals surface area (Å²) in [5.41, 5.74) is 0.313. The summed E-state index contributed by atoms with van der Waals surface area (Å²) in [4.78, 5) is 42.8. The molecule has 35 heavy (non-hydrogen) atoms. The second kappa shape index (κ2) is 8.57. The van der Waals surface area contributed by atoms with E-state index >= 15 is 0 Å². The summed E-state index contributed by atoms with van der Waals surface area (Å²) < 4.78 is 14.1. The number of fused-ring (bicyclic) bond motifs is 1. The summed E-state index contributed by atoms with van der Waals surface area (Å²) in [5, 5.41) is 23.1. The Hall–Kier alpha value is -4.15. The summed E-state index contributed by atoms with van der Waals surface area (Å²) >= 11 is 7.17. The molecule has 4 aromatic rings. The number of halogens is 2. The summed E-state index contributed by atoms with van der Waals surface area (Å²) in [5.74, 6) is -3.05. The Kier molecular flexibility index (Phi) is 5.54. The van der Waals surface area contributed by atoms with E-state index in [4.69, 9.17) is 11.6 Å². The van der Waals surface area contributed by atoms with Crippen molar-refractivity contribution < 1.29 is 24.0 Å². The molecule has 0 radical (unpaired) electrons. The zero-order valence-electron chi connectivity index (χ0n) is 17.5. The molecule has 174 valence electrons. The molecule has 1 fully saturated rings. The number of ketones is 1. The number of carbonyl (C=O) groups is 2.